The number of ether oxygens (including phenoxy) is 1. The van der Waals surface area contributed by atoms with E-state index in [0.717, 1.165) is 57.3 Å². The van der Waals surface area contributed by atoms with Gasteiger partial charge in [-0.3, -0.25) is 14.6 Å². The van der Waals surface area contributed by atoms with Crippen molar-refractivity contribution >= 4 is 49.6 Å². The average molecular weight is 738 g/mol. The molecule has 0 fully saturated rings. The molecule has 252 valence electrons. The Hall–Kier alpha value is -5.56. The van der Waals surface area contributed by atoms with Crippen molar-refractivity contribution < 1.29 is 37.0 Å². The number of pyridine rings is 2. The molecule has 0 saturated heterocycles. The van der Waals surface area contributed by atoms with Gasteiger partial charge in [0.25, 0.3) is 11.8 Å². The number of nitrogens with two attached hydrogens (primary N) is 2. The number of carbonyl (C=O) groups excluding carboxylic acids is 2. The Labute approximate surface area is 286 Å². The molecule has 0 spiro atoms. The van der Waals surface area contributed by atoms with Crippen LogP contribution < -0.4 is 16.2 Å². The van der Waals surface area contributed by atoms with Gasteiger partial charge in [0.2, 0.25) is 0 Å². The summed E-state index contributed by atoms with van der Waals surface area (Å²) in [4.78, 5) is 30.6. The molecular weight excluding hydrogens is 708 g/mol. The van der Waals surface area contributed by atoms with Crippen LogP contribution in [-0.4, -0.2) is 26.9 Å². The van der Waals surface area contributed by atoms with E-state index in [9.17, 15) is 27.2 Å². The Bertz CT molecular complexity index is 2180. The van der Waals surface area contributed by atoms with Gasteiger partial charge in [-0.25, -0.2) is 22.5 Å². The third-order valence-corrected chi connectivity index (χ3v) is 7.67. The highest BCUT2D eigenvalue weighted by atomic mass is 79.9. The van der Waals surface area contributed by atoms with Gasteiger partial charge < -0.3 is 21.3 Å². The predicted octanol–water partition coefficient (Wildman–Crippen LogP) is 7.71. The Morgan fingerprint density at radius 2 is 1.18 bits per heavy atom. The van der Waals surface area contributed by atoms with Crippen LogP contribution >= 0.6 is 15.9 Å². The molecule has 49 heavy (non-hydrogen) atoms. The Kier molecular flexibility index (Phi) is 11.9. The number of alkyl halides is 1. The summed E-state index contributed by atoms with van der Waals surface area (Å²) < 4.78 is 58.3. The lowest BCUT2D eigenvalue weighted by molar-refractivity contribution is 0.0982. The van der Waals surface area contributed by atoms with Gasteiger partial charge in [0.05, 0.1) is 22.4 Å². The largest absolute Gasteiger partial charge is 0.505 e. The molecule has 0 radical (unpaired) electrons. The number of halogens is 5. The molecular formula is C36H29BrF4N4O4. The van der Waals surface area contributed by atoms with Crippen molar-refractivity contribution in [1.82, 2.24) is 9.97 Å². The number of rotatable bonds is 6. The van der Waals surface area contributed by atoms with Crippen LogP contribution in [0.1, 0.15) is 43.2 Å². The first-order chi connectivity index (χ1) is 23.3. The number of para-hydroxylation sites is 2. The Balaban J connectivity index is 0.000000182. The van der Waals surface area contributed by atoms with Crippen LogP contribution in [0.2, 0.25) is 0 Å². The first-order valence-electron chi connectivity index (χ1n) is 14.5. The standard InChI is InChI=1S/C18H14F2N2O2.C11H10BrN.C7H5F2NO2/c1-10-3-2-4-11-5-6-12(22-17(10)11)9-24-14-8-7-13(19)15(16(14)20)18(21)23;1-8-3-2-4-9-5-6-10(7-12)13-11(8)9;8-3-1-2-4(11)6(9)5(3)7(10)12/h2-8H,9H2,1H3,(H2,21,23);2-6H,7H2,1H3;1-2,11H,(H2,10,12). The molecule has 6 aromatic rings. The van der Waals surface area contributed by atoms with E-state index in [4.69, 9.17) is 15.6 Å². The van der Waals surface area contributed by atoms with E-state index in [-0.39, 0.29) is 12.4 Å². The number of fused-ring (bicyclic) bond motifs is 2. The zero-order valence-electron chi connectivity index (χ0n) is 26.1. The second-order valence-electron chi connectivity index (χ2n) is 10.5. The normalized spacial score (nSPS) is 10.5. The van der Waals surface area contributed by atoms with Gasteiger partial charge in [-0.15, -0.1) is 0 Å². The molecule has 2 heterocycles. The van der Waals surface area contributed by atoms with Crippen LogP contribution in [0.5, 0.6) is 11.5 Å². The molecule has 0 atom stereocenters. The smallest absolute Gasteiger partial charge is 0.254 e. The molecule has 5 N–H and O–H groups in total. The van der Waals surface area contributed by atoms with Gasteiger partial charge >= 0.3 is 0 Å². The van der Waals surface area contributed by atoms with E-state index in [1.54, 1.807) is 6.07 Å². The van der Waals surface area contributed by atoms with Crippen molar-refractivity contribution in [3.05, 3.63) is 142 Å². The SMILES string of the molecule is Cc1cccc2ccc(CBr)nc12.Cc1cccc2ccc(COc3ccc(F)c(C(N)=O)c3F)nc12.NC(=O)c1c(F)ccc(O)c1F. The average Bonchev–Trinajstić information content (AvgIpc) is 3.07. The van der Waals surface area contributed by atoms with E-state index in [0.29, 0.717) is 5.69 Å². The number of aryl methyl sites for hydroxylation is 2. The predicted molar refractivity (Wildman–Crippen MR) is 181 cm³/mol. The van der Waals surface area contributed by atoms with Crippen molar-refractivity contribution in [3.63, 3.8) is 0 Å². The van der Waals surface area contributed by atoms with Gasteiger partial charge in [-0.05, 0) is 61.4 Å². The minimum absolute atomic E-state index is 0.0228. The van der Waals surface area contributed by atoms with Crippen LogP contribution in [0.25, 0.3) is 21.8 Å². The summed E-state index contributed by atoms with van der Waals surface area (Å²) in [5.74, 6) is -8.04. The minimum atomic E-state index is -1.33. The topological polar surface area (TPSA) is 141 Å². The number of amides is 2. The lowest BCUT2D eigenvalue weighted by Crippen LogP contribution is -2.16. The molecule has 6 rings (SSSR count). The maximum atomic E-state index is 14.1. The number of primary amides is 2. The highest BCUT2D eigenvalue weighted by Gasteiger charge is 2.20. The zero-order chi connectivity index (χ0) is 35.8. The number of nitrogens with zero attached hydrogens (tertiary/aromatic N) is 2. The third-order valence-electron chi connectivity index (χ3n) is 7.09. The maximum Gasteiger partial charge on any atom is 0.254 e. The van der Waals surface area contributed by atoms with Crippen molar-refractivity contribution in [1.29, 1.82) is 0 Å². The van der Waals surface area contributed by atoms with E-state index >= 15 is 0 Å². The Morgan fingerprint density at radius 1 is 0.694 bits per heavy atom. The molecule has 4 aromatic carbocycles. The summed E-state index contributed by atoms with van der Waals surface area (Å²) >= 11 is 3.41. The lowest BCUT2D eigenvalue weighted by Gasteiger charge is -2.10. The molecule has 0 aliphatic carbocycles. The molecule has 0 unspecified atom stereocenters. The van der Waals surface area contributed by atoms with E-state index in [1.807, 2.05) is 31.2 Å². The van der Waals surface area contributed by atoms with Gasteiger partial charge in [-0.1, -0.05) is 64.5 Å². The zero-order valence-corrected chi connectivity index (χ0v) is 27.7. The van der Waals surface area contributed by atoms with Crippen LogP contribution in [0.4, 0.5) is 17.6 Å². The summed E-state index contributed by atoms with van der Waals surface area (Å²) in [6, 6.07) is 23.5. The van der Waals surface area contributed by atoms with Gasteiger partial charge in [0, 0.05) is 16.1 Å². The fourth-order valence-electron chi connectivity index (χ4n) is 4.62. The van der Waals surface area contributed by atoms with Crippen LogP contribution in [0.3, 0.4) is 0 Å². The first kappa shape index (κ1) is 36.3. The van der Waals surface area contributed by atoms with Crippen molar-refractivity contribution in [2.75, 3.05) is 0 Å². The molecule has 13 heteroatoms. The number of carbonyl (C=O) groups is 2. The first-order valence-corrected chi connectivity index (χ1v) is 15.6. The Morgan fingerprint density at radius 3 is 1.69 bits per heavy atom. The van der Waals surface area contributed by atoms with E-state index < -0.39 is 52.0 Å². The highest BCUT2D eigenvalue weighted by Crippen LogP contribution is 2.25. The van der Waals surface area contributed by atoms with E-state index in [1.165, 1.54) is 10.9 Å². The van der Waals surface area contributed by atoms with Crippen molar-refractivity contribution in [2.24, 2.45) is 11.5 Å². The highest BCUT2D eigenvalue weighted by molar-refractivity contribution is 9.08. The molecule has 0 saturated carbocycles. The van der Waals surface area contributed by atoms with E-state index in [2.05, 4.69) is 68.9 Å². The monoisotopic (exact) mass is 736 g/mol. The summed E-state index contributed by atoms with van der Waals surface area (Å²) in [6.07, 6.45) is 0. The number of benzene rings is 4. The van der Waals surface area contributed by atoms with Crippen molar-refractivity contribution in [2.45, 2.75) is 25.8 Å². The number of phenolic OH excluding ortho intramolecular Hbond substituents is 1. The van der Waals surface area contributed by atoms with Crippen LogP contribution in [0.15, 0.2) is 84.9 Å². The number of aromatic hydroxyl groups is 1. The summed E-state index contributed by atoms with van der Waals surface area (Å²) in [5, 5.41) is 11.7. The number of aromatic nitrogens is 2. The summed E-state index contributed by atoms with van der Waals surface area (Å²) in [6.45, 7) is 4.01. The quantitative estimate of drug-likeness (QED) is 0.118. The summed E-state index contributed by atoms with van der Waals surface area (Å²) in [5.41, 5.74) is 13.8. The van der Waals surface area contributed by atoms with Gasteiger partial charge in [-0.2, -0.15) is 0 Å². The fraction of sp³-hybridized carbons (Fsp3) is 0.111. The molecule has 0 aliphatic rings. The number of phenols is 1. The number of hydrogen-bond donors (Lipinski definition) is 3. The molecule has 0 aliphatic heterocycles. The maximum absolute atomic E-state index is 14.1. The third kappa shape index (κ3) is 8.68. The van der Waals surface area contributed by atoms with Crippen LogP contribution in [-0.2, 0) is 11.9 Å². The molecule has 2 aromatic heterocycles. The second-order valence-corrected chi connectivity index (χ2v) is 11.1. The molecule has 2 amide bonds. The fourth-order valence-corrected chi connectivity index (χ4v) is 4.93. The van der Waals surface area contributed by atoms with Gasteiger partial charge in [0.15, 0.2) is 23.1 Å². The minimum Gasteiger partial charge on any atom is -0.505 e. The lowest BCUT2D eigenvalue weighted by atomic mass is 10.1. The summed E-state index contributed by atoms with van der Waals surface area (Å²) in [7, 11) is 0. The number of hydrogen-bond acceptors (Lipinski definition) is 6. The van der Waals surface area contributed by atoms with Crippen LogP contribution in [0, 0.1) is 37.1 Å². The van der Waals surface area contributed by atoms with Gasteiger partial charge in [0.1, 0.15) is 29.4 Å². The molecule has 8 nitrogen and oxygen atoms in total. The van der Waals surface area contributed by atoms with Crippen molar-refractivity contribution in [3.8, 4) is 11.5 Å². The second kappa shape index (κ2) is 16.0. The molecule has 0 bridgehead atoms.